The molecule has 0 aliphatic heterocycles. The summed E-state index contributed by atoms with van der Waals surface area (Å²) in [6.07, 6.45) is 0. The second kappa shape index (κ2) is 4.83. The second-order valence-electron chi connectivity index (χ2n) is 4.67. The molecule has 4 heteroatoms. The molecular weight excluding hydrogens is 266 g/mol. The van der Waals surface area contributed by atoms with E-state index >= 15 is 0 Å². The van der Waals surface area contributed by atoms with Crippen LogP contribution in [-0.4, -0.2) is 22.4 Å². The van der Waals surface area contributed by atoms with Crippen LogP contribution in [-0.2, 0) is 4.79 Å². The Hall–Kier alpha value is -3.01. The molecule has 0 radical (unpaired) electrons. The number of fused-ring (bicyclic) bond motifs is 1. The zero-order valence-electron chi connectivity index (χ0n) is 11.0. The molecule has 0 heterocycles. The van der Waals surface area contributed by atoms with Crippen LogP contribution in [0.15, 0.2) is 60.2 Å². The van der Waals surface area contributed by atoms with Crippen LogP contribution in [0.4, 0.5) is 0 Å². The lowest BCUT2D eigenvalue weighted by Gasteiger charge is -2.18. The maximum Gasteiger partial charge on any atom is 0.239 e. The summed E-state index contributed by atoms with van der Waals surface area (Å²) in [5.74, 6) is -1.86. The molecule has 0 bridgehead atoms. The van der Waals surface area contributed by atoms with E-state index < -0.39 is 11.6 Å². The van der Waals surface area contributed by atoms with E-state index in [1.165, 1.54) is 6.07 Å². The quantitative estimate of drug-likeness (QED) is 0.654. The van der Waals surface area contributed by atoms with Gasteiger partial charge in [0, 0.05) is 16.7 Å². The van der Waals surface area contributed by atoms with Crippen molar-refractivity contribution in [1.82, 2.24) is 0 Å². The molecule has 0 atom stereocenters. The lowest BCUT2D eigenvalue weighted by Crippen LogP contribution is -2.28. The number of ketones is 2. The molecular formula is C17H11NO3. The van der Waals surface area contributed by atoms with Gasteiger partial charge in [0.2, 0.25) is 11.6 Å². The van der Waals surface area contributed by atoms with Crippen LogP contribution >= 0.6 is 0 Å². The number of carbonyl (C=O) groups excluding carboxylic acids is 2. The molecule has 102 valence electrons. The zero-order valence-corrected chi connectivity index (χ0v) is 11.0. The zero-order chi connectivity index (χ0) is 15.0. The molecule has 0 saturated heterocycles. The predicted octanol–water partition coefficient (Wildman–Crippen LogP) is 2.79. The number of aliphatic hydroxyl groups is 1. The molecule has 0 amide bonds. The van der Waals surface area contributed by atoms with Gasteiger partial charge in [-0.25, -0.2) is 0 Å². The third-order valence-corrected chi connectivity index (χ3v) is 3.41. The van der Waals surface area contributed by atoms with Crippen LogP contribution in [0, 0.1) is 5.41 Å². The summed E-state index contributed by atoms with van der Waals surface area (Å²) >= 11 is 0. The number of hydrogen-bond donors (Lipinski definition) is 2. The molecule has 0 unspecified atom stereocenters. The molecule has 1 aliphatic carbocycles. The largest absolute Gasteiger partial charge is 0.506 e. The Morgan fingerprint density at radius 2 is 1.38 bits per heavy atom. The minimum absolute atomic E-state index is 0.152. The number of Topliss-reactive ketones (excluding diaryl/α,β-unsaturated/α-hetero) is 2. The first kappa shape index (κ1) is 13.0. The number of hydrogen-bond acceptors (Lipinski definition) is 4. The lowest BCUT2D eigenvalue weighted by atomic mass is 9.85. The second-order valence-corrected chi connectivity index (χ2v) is 4.67. The van der Waals surface area contributed by atoms with Gasteiger partial charge in [0.1, 0.15) is 5.76 Å². The van der Waals surface area contributed by atoms with Crippen molar-refractivity contribution in [2.75, 3.05) is 0 Å². The van der Waals surface area contributed by atoms with E-state index in [1.807, 2.05) is 0 Å². The standard InChI is InChI=1S/C17H11NO3/c18-14(10-6-2-1-3-7-10)13-15(19)11-8-4-5-9-12(11)16(20)17(13)21/h1-9,18-19H. The normalized spacial score (nSPS) is 14.1. The van der Waals surface area contributed by atoms with Crippen molar-refractivity contribution in [1.29, 1.82) is 5.41 Å². The average Bonchev–Trinajstić information content (AvgIpc) is 2.53. The minimum Gasteiger partial charge on any atom is -0.506 e. The molecule has 0 spiro atoms. The molecule has 0 fully saturated rings. The highest BCUT2D eigenvalue weighted by molar-refractivity contribution is 6.58. The maximum atomic E-state index is 12.2. The first-order chi connectivity index (χ1) is 10.1. The molecule has 21 heavy (non-hydrogen) atoms. The molecule has 3 rings (SSSR count). The minimum atomic E-state index is -0.847. The van der Waals surface area contributed by atoms with Crippen LogP contribution in [0.3, 0.4) is 0 Å². The SMILES string of the molecule is N=C(C1=C(O)c2ccccc2C(=O)C1=O)c1ccccc1. The van der Waals surface area contributed by atoms with E-state index in [0.717, 1.165) is 0 Å². The van der Waals surface area contributed by atoms with Crippen LogP contribution in [0.25, 0.3) is 5.76 Å². The van der Waals surface area contributed by atoms with Crippen molar-refractivity contribution in [2.24, 2.45) is 0 Å². The summed E-state index contributed by atoms with van der Waals surface area (Å²) < 4.78 is 0. The Balaban J connectivity index is 2.20. The Kier molecular flexibility index (Phi) is 2.99. The van der Waals surface area contributed by atoms with E-state index in [0.29, 0.717) is 5.56 Å². The van der Waals surface area contributed by atoms with Crippen molar-refractivity contribution >= 4 is 23.0 Å². The summed E-state index contributed by atoms with van der Waals surface area (Å²) in [6, 6.07) is 14.9. The summed E-state index contributed by atoms with van der Waals surface area (Å²) in [6.45, 7) is 0. The van der Waals surface area contributed by atoms with Crippen molar-refractivity contribution in [2.45, 2.75) is 0 Å². The van der Waals surface area contributed by atoms with Gasteiger partial charge in [-0.05, 0) is 0 Å². The number of aliphatic hydroxyl groups excluding tert-OH is 1. The van der Waals surface area contributed by atoms with Crippen LogP contribution in [0.1, 0.15) is 21.5 Å². The first-order valence-electron chi connectivity index (χ1n) is 6.37. The van der Waals surface area contributed by atoms with Gasteiger partial charge >= 0.3 is 0 Å². The fourth-order valence-electron chi connectivity index (χ4n) is 2.35. The van der Waals surface area contributed by atoms with Gasteiger partial charge in [0.25, 0.3) is 0 Å². The Bertz CT molecular complexity index is 804. The first-order valence-corrected chi connectivity index (χ1v) is 6.37. The van der Waals surface area contributed by atoms with E-state index in [-0.39, 0.29) is 28.2 Å². The number of carbonyl (C=O) groups is 2. The van der Waals surface area contributed by atoms with Crippen molar-refractivity contribution in [3.05, 3.63) is 76.9 Å². The van der Waals surface area contributed by atoms with E-state index in [1.54, 1.807) is 48.5 Å². The molecule has 2 aromatic rings. The monoisotopic (exact) mass is 277 g/mol. The van der Waals surface area contributed by atoms with Gasteiger partial charge < -0.3 is 5.11 Å². The highest BCUT2D eigenvalue weighted by Crippen LogP contribution is 2.29. The molecule has 2 aromatic carbocycles. The van der Waals surface area contributed by atoms with Crippen molar-refractivity contribution in [3.63, 3.8) is 0 Å². The highest BCUT2D eigenvalue weighted by Gasteiger charge is 2.34. The molecule has 4 nitrogen and oxygen atoms in total. The van der Waals surface area contributed by atoms with Gasteiger partial charge in [-0.1, -0.05) is 54.6 Å². The van der Waals surface area contributed by atoms with Crippen LogP contribution in [0.2, 0.25) is 0 Å². The van der Waals surface area contributed by atoms with Crippen LogP contribution in [0.5, 0.6) is 0 Å². The Morgan fingerprint density at radius 1 is 0.810 bits per heavy atom. The fraction of sp³-hybridized carbons (Fsp3) is 0. The average molecular weight is 277 g/mol. The van der Waals surface area contributed by atoms with Crippen molar-refractivity contribution in [3.8, 4) is 0 Å². The summed E-state index contributed by atoms with van der Waals surface area (Å²) in [5.41, 5.74) is 0.535. The van der Waals surface area contributed by atoms with E-state index in [9.17, 15) is 14.7 Å². The van der Waals surface area contributed by atoms with Gasteiger partial charge in [0.15, 0.2) is 0 Å². The Morgan fingerprint density at radius 3 is 2.05 bits per heavy atom. The smallest absolute Gasteiger partial charge is 0.239 e. The van der Waals surface area contributed by atoms with Crippen LogP contribution < -0.4 is 0 Å². The van der Waals surface area contributed by atoms with Gasteiger partial charge in [0.05, 0.1) is 11.3 Å². The molecule has 1 aliphatic rings. The Labute approximate surface area is 120 Å². The van der Waals surface area contributed by atoms with Gasteiger partial charge in [-0.3, -0.25) is 15.0 Å². The predicted molar refractivity (Wildman–Crippen MR) is 78.6 cm³/mol. The lowest BCUT2D eigenvalue weighted by molar-refractivity contribution is -0.111. The number of allylic oxidation sites excluding steroid dienone is 1. The third kappa shape index (κ3) is 1.97. The summed E-state index contributed by atoms with van der Waals surface area (Å²) in [5, 5.41) is 18.4. The summed E-state index contributed by atoms with van der Waals surface area (Å²) in [7, 11) is 0. The fourth-order valence-corrected chi connectivity index (χ4v) is 2.35. The molecule has 0 aromatic heterocycles. The molecule has 2 N–H and O–H groups in total. The van der Waals surface area contributed by atoms with E-state index in [2.05, 4.69) is 0 Å². The van der Waals surface area contributed by atoms with Gasteiger partial charge in [-0.2, -0.15) is 0 Å². The number of benzene rings is 2. The third-order valence-electron chi connectivity index (χ3n) is 3.41. The topological polar surface area (TPSA) is 78.2 Å². The summed E-state index contributed by atoms with van der Waals surface area (Å²) in [4.78, 5) is 24.3. The highest BCUT2D eigenvalue weighted by atomic mass is 16.3. The number of rotatable bonds is 2. The number of nitrogens with one attached hydrogen (secondary N) is 1. The maximum absolute atomic E-state index is 12.2. The molecule has 0 saturated carbocycles. The van der Waals surface area contributed by atoms with E-state index in [4.69, 9.17) is 5.41 Å². The van der Waals surface area contributed by atoms with Gasteiger partial charge in [-0.15, -0.1) is 0 Å². The van der Waals surface area contributed by atoms with Crippen molar-refractivity contribution < 1.29 is 14.7 Å².